The zero-order valence-electron chi connectivity index (χ0n) is 18.9. The van der Waals surface area contributed by atoms with Crippen LogP contribution in [0.4, 0.5) is 16.2 Å². The molecule has 2 aliphatic rings. The Hall–Kier alpha value is -2.32. The lowest BCUT2D eigenvalue weighted by atomic mass is 9.99. The number of fused-ring (bicyclic) bond motifs is 1. The third-order valence-electron chi connectivity index (χ3n) is 5.81. The Bertz CT molecular complexity index is 943. The number of aryl methyl sites for hydroxylation is 2. The first-order valence-electron chi connectivity index (χ1n) is 10.5. The normalized spacial score (nSPS) is 20.8. The van der Waals surface area contributed by atoms with Gasteiger partial charge in [-0.3, -0.25) is 9.69 Å². The molecule has 0 aliphatic carbocycles. The van der Waals surface area contributed by atoms with Crippen LogP contribution < -0.4 is 9.80 Å². The summed E-state index contributed by atoms with van der Waals surface area (Å²) in [6, 6.07) is 3.74. The van der Waals surface area contributed by atoms with Crippen LogP contribution in [0.3, 0.4) is 0 Å². The lowest BCUT2D eigenvalue weighted by Crippen LogP contribution is -2.54. The van der Waals surface area contributed by atoms with Crippen LogP contribution in [0.1, 0.15) is 31.4 Å². The van der Waals surface area contributed by atoms with E-state index in [2.05, 4.69) is 15.9 Å². The van der Waals surface area contributed by atoms with E-state index in [4.69, 9.17) is 9.47 Å². The van der Waals surface area contributed by atoms with E-state index in [1.165, 1.54) is 0 Å². The molecule has 2 unspecified atom stereocenters. The molecule has 2 heterocycles. The van der Waals surface area contributed by atoms with Gasteiger partial charge in [-0.05, 0) is 72.5 Å². The van der Waals surface area contributed by atoms with Crippen molar-refractivity contribution < 1.29 is 19.1 Å². The Morgan fingerprint density at radius 3 is 2.39 bits per heavy atom. The molecule has 1 aromatic carbocycles. The average molecular weight is 492 g/mol. The third-order valence-corrected chi connectivity index (χ3v) is 6.24. The van der Waals surface area contributed by atoms with Gasteiger partial charge in [0.25, 0.3) is 5.91 Å². The maximum Gasteiger partial charge on any atom is 0.414 e. The van der Waals surface area contributed by atoms with Gasteiger partial charge in [-0.1, -0.05) is 6.92 Å². The summed E-state index contributed by atoms with van der Waals surface area (Å²) < 4.78 is 11.8. The van der Waals surface area contributed by atoms with Gasteiger partial charge in [0.1, 0.15) is 0 Å². The van der Waals surface area contributed by atoms with Gasteiger partial charge in [0, 0.05) is 31.4 Å². The van der Waals surface area contributed by atoms with Crippen LogP contribution in [0.2, 0.25) is 0 Å². The van der Waals surface area contributed by atoms with Crippen molar-refractivity contribution in [2.45, 2.75) is 46.4 Å². The van der Waals surface area contributed by atoms with Crippen molar-refractivity contribution in [3.63, 3.8) is 0 Å². The molecule has 1 aromatic rings. The van der Waals surface area contributed by atoms with E-state index in [1.807, 2.05) is 51.1 Å². The van der Waals surface area contributed by atoms with Crippen molar-refractivity contribution in [3.8, 4) is 0 Å². The minimum atomic E-state index is -0.494. The maximum absolute atomic E-state index is 13.8. The number of likely N-dealkylation sites (N-methyl/N-ethyl adjacent to an activating group) is 1. The number of anilines is 2. The van der Waals surface area contributed by atoms with Crippen molar-refractivity contribution in [3.05, 3.63) is 45.6 Å². The van der Waals surface area contributed by atoms with Gasteiger partial charge < -0.3 is 19.3 Å². The standard InChI is InChI=1S/C23H30BrN3O4/c1-7-17-13-26(21(28)18-11-16(24)12-25(5)22(18)30-6)19-9-14(3)15(4)10-20(19)27(17)23(29)31-8-2/h9-12,17,22H,7-8,13H2,1-6H3. The van der Waals surface area contributed by atoms with E-state index in [1.54, 1.807) is 29.9 Å². The number of nitrogens with zero attached hydrogens (tertiary/aromatic N) is 3. The van der Waals surface area contributed by atoms with E-state index in [-0.39, 0.29) is 18.0 Å². The summed E-state index contributed by atoms with van der Waals surface area (Å²) in [5.74, 6) is -0.143. The zero-order chi connectivity index (χ0) is 22.9. The summed E-state index contributed by atoms with van der Waals surface area (Å²) in [4.78, 5) is 32.0. The average Bonchev–Trinajstić information content (AvgIpc) is 2.72. The predicted octanol–water partition coefficient (Wildman–Crippen LogP) is 4.47. The fraction of sp³-hybridized carbons (Fsp3) is 0.478. The number of halogens is 1. The van der Waals surface area contributed by atoms with Crippen LogP contribution in [0.25, 0.3) is 0 Å². The molecular formula is C23H30BrN3O4. The lowest BCUT2D eigenvalue weighted by molar-refractivity contribution is -0.117. The van der Waals surface area contributed by atoms with Gasteiger partial charge in [-0.25, -0.2) is 4.79 Å². The lowest BCUT2D eigenvalue weighted by Gasteiger charge is -2.43. The number of hydrogen-bond donors (Lipinski definition) is 0. The largest absolute Gasteiger partial charge is 0.449 e. The molecule has 0 spiro atoms. The van der Waals surface area contributed by atoms with Gasteiger partial charge in [0.15, 0.2) is 6.23 Å². The first kappa shape index (κ1) is 23.3. The molecule has 0 fully saturated rings. The van der Waals surface area contributed by atoms with Crippen molar-refractivity contribution in [2.75, 3.05) is 37.1 Å². The fourth-order valence-electron chi connectivity index (χ4n) is 4.08. The summed E-state index contributed by atoms with van der Waals surface area (Å²) in [5.41, 5.74) is 4.03. The number of rotatable bonds is 4. The molecule has 2 amide bonds. The molecule has 0 N–H and O–H groups in total. The molecule has 7 nitrogen and oxygen atoms in total. The van der Waals surface area contributed by atoms with E-state index < -0.39 is 6.23 Å². The van der Waals surface area contributed by atoms with Crippen LogP contribution in [-0.4, -0.2) is 56.5 Å². The quantitative estimate of drug-likeness (QED) is 0.621. The Kier molecular flexibility index (Phi) is 7.11. The maximum atomic E-state index is 13.8. The van der Waals surface area contributed by atoms with Crippen molar-refractivity contribution in [2.24, 2.45) is 0 Å². The second-order valence-electron chi connectivity index (χ2n) is 7.84. The minimum absolute atomic E-state index is 0.143. The van der Waals surface area contributed by atoms with Gasteiger partial charge in [-0.15, -0.1) is 0 Å². The number of allylic oxidation sites excluding steroid dienone is 2. The smallest absolute Gasteiger partial charge is 0.414 e. The highest BCUT2D eigenvalue weighted by atomic mass is 79.9. The number of methoxy groups -OCH3 is 1. The van der Waals surface area contributed by atoms with Crippen LogP contribution in [0.15, 0.2) is 34.5 Å². The Morgan fingerprint density at radius 1 is 1.16 bits per heavy atom. The highest BCUT2D eigenvalue weighted by molar-refractivity contribution is 9.11. The van der Waals surface area contributed by atoms with Gasteiger partial charge in [-0.2, -0.15) is 0 Å². The van der Waals surface area contributed by atoms with Gasteiger partial charge in [0.2, 0.25) is 0 Å². The number of carbonyl (C=O) groups is 2. The number of amides is 2. The highest BCUT2D eigenvalue weighted by Gasteiger charge is 2.40. The number of benzene rings is 1. The third kappa shape index (κ3) is 4.36. The van der Waals surface area contributed by atoms with Crippen LogP contribution in [0, 0.1) is 13.8 Å². The van der Waals surface area contributed by atoms with E-state index in [0.29, 0.717) is 36.5 Å². The molecule has 31 heavy (non-hydrogen) atoms. The minimum Gasteiger partial charge on any atom is -0.449 e. The SMILES string of the molecule is CCOC(=O)N1c2cc(C)c(C)cc2N(C(=O)C2=CC(Br)=CN(C)C2OC)CC1CC. The second-order valence-corrected chi connectivity index (χ2v) is 8.75. The van der Waals surface area contributed by atoms with Crippen LogP contribution >= 0.6 is 15.9 Å². The monoisotopic (exact) mass is 491 g/mol. The summed E-state index contributed by atoms with van der Waals surface area (Å²) in [7, 11) is 3.45. The predicted molar refractivity (Wildman–Crippen MR) is 126 cm³/mol. The van der Waals surface area contributed by atoms with Crippen molar-refractivity contribution >= 4 is 39.3 Å². The highest BCUT2D eigenvalue weighted by Crippen LogP contribution is 2.40. The van der Waals surface area contributed by atoms with Crippen LogP contribution in [0.5, 0.6) is 0 Å². The van der Waals surface area contributed by atoms with E-state index in [9.17, 15) is 9.59 Å². The zero-order valence-corrected chi connectivity index (χ0v) is 20.5. The number of carbonyl (C=O) groups excluding carboxylic acids is 2. The molecule has 0 saturated carbocycles. The topological polar surface area (TPSA) is 62.3 Å². The number of ether oxygens (including phenoxy) is 2. The van der Waals surface area contributed by atoms with E-state index >= 15 is 0 Å². The van der Waals surface area contributed by atoms with Gasteiger partial charge >= 0.3 is 6.09 Å². The Labute approximate surface area is 192 Å². The van der Waals surface area contributed by atoms with Crippen LogP contribution in [-0.2, 0) is 14.3 Å². The summed E-state index contributed by atoms with van der Waals surface area (Å²) >= 11 is 3.49. The van der Waals surface area contributed by atoms with Gasteiger partial charge in [0.05, 0.1) is 29.6 Å². The van der Waals surface area contributed by atoms with E-state index in [0.717, 1.165) is 15.6 Å². The molecule has 0 radical (unpaired) electrons. The molecule has 2 aliphatic heterocycles. The Morgan fingerprint density at radius 2 is 1.81 bits per heavy atom. The summed E-state index contributed by atoms with van der Waals surface area (Å²) in [6.07, 6.45) is 3.48. The molecule has 3 rings (SSSR count). The molecule has 0 saturated heterocycles. The van der Waals surface area contributed by atoms with Crippen molar-refractivity contribution in [1.82, 2.24) is 4.90 Å². The molecule has 8 heteroatoms. The number of hydrogen-bond acceptors (Lipinski definition) is 5. The summed E-state index contributed by atoms with van der Waals surface area (Å²) in [6.45, 7) is 8.48. The molecular weight excluding hydrogens is 462 g/mol. The molecule has 168 valence electrons. The first-order valence-corrected chi connectivity index (χ1v) is 11.2. The second kappa shape index (κ2) is 9.44. The molecule has 0 bridgehead atoms. The summed E-state index contributed by atoms with van der Waals surface area (Å²) in [5, 5.41) is 0. The fourth-order valence-corrected chi connectivity index (χ4v) is 4.65. The molecule has 0 aromatic heterocycles. The molecule has 2 atom stereocenters. The Balaban J connectivity index is 2.12. The first-order chi connectivity index (χ1) is 14.7. The van der Waals surface area contributed by atoms with Crippen molar-refractivity contribution in [1.29, 1.82) is 0 Å².